The topological polar surface area (TPSA) is 88.2 Å². The molecule has 0 saturated heterocycles. The third-order valence-electron chi connectivity index (χ3n) is 4.29. The normalized spacial score (nSPS) is 10.5. The molecular formula is C22H20ClN3O3S. The molecule has 0 aliphatic carbocycles. The molecule has 3 aromatic rings. The summed E-state index contributed by atoms with van der Waals surface area (Å²) in [5.41, 5.74) is 3.18. The quantitative estimate of drug-likeness (QED) is 0.496. The molecule has 0 aliphatic rings. The second kappa shape index (κ2) is 10.1. The van der Waals surface area contributed by atoms with Crippen molar-refractivity contribution in [2.45, 2.75) is 26.3 Å². The monoisotopic (exact) mass is 441 g/mol. The maximum atomic E-state index is 12.2. The zero-order valence-electron chi connectivity index (χ0n) is 16.3. The highest BCUT2D eigenvalue weighted by Gasteiger charge is 2.12. The first-order valence-corrected chi connectivity index (χ1v) is 10.5. The molecule has 6 nitrogen and oxygen atoms in total. The molecule has 2 aromatic carbocycles. The maximum absolute atomic E-state index is 12.2. The van der Waals surface area contributed by atoms with Crippen LogP contribution < -0.4 is 10.6 Å². The maximum Gasteiger partial charge on any atom is 0.226 e. The number of rotatable bonds is 8. The molecule has 0 fully saturated rings. The molecule has 0 atom stereocenters. The summed E-state index contributed by atoms with van der Waals surface area (Å²) in [7, 11) is 0. The number of ketones is 1. The Morgan fingerprint density at radius 2 is 1.70 bits per heavy atom. The SMILES string of the molecule is CC(=O)NCc1ccc(-c2csc(NC(=O)CCC(=O)c3ccc(Cl)cc3)n2)cc1. The molecule has 0 saturated carbocycles. The van der Waals surface area contributed by atoms with Crippen molar-refractivity contribution < 1.29 is 14.4 Å². The first-order chi connectivity index (χ1) is 14.4. The molecule has 1 heterocycles. The van der Waals surface area contributed by atoms with Crippen LogP contribution in [0.1, 0.15) is 35.7 Å². The third-order valence-corrected chi connectivity index (χ3v) is 5.30. The Kier molecular flexibility index (Phi) is 7.32. The lowest BCUT2D eigenvalue weighted by Crippen LogP contribution is -2.18. The van der Waals surface area contributed by atoms with E-state index >= 15 is 0 Å². The van der Waals surface area contributed by atoms with Crippen molar-refractivity contribution in [1.29, 1.82) is 0 Å². The number of Topliss-reactive ketones (excluding diaryl/α,β-unsaturated/α-hetero) is 1. The van der Waals surface area contributed by atoms with Crippen molar-refractivity contribution in [2.24, 2.45) is 0 Å². The zero-order chi connectivity index (χ0) is 21.5. The van der Waals surface area contributed by atoms with Crippen LogP contribution in [0.4, 0.5) is 5.13 Å². The minimum atomic E-state index is -0.260. The van der Waals surface area contributed by atoms with Gasteiger partial charge in [0, 0.05) is 47.8 Å². The molecule has 2 amide bonds. The van der Waals surface area contributed by atoms with E-state index < -0.39 is 0 Å². The molecule has 0 unspecified atom stereocenters. The molecule has 1 aromatic heterocycles. The number of carbonyl (C=O) groups excluding carboxylic acids is 3. The van der Waals surface area contributed by atoms with Crippen molar-refractivity contribution >= 4 is 45.7 Å². The van der Waals surface area contributed by atoms with Gasteiger partial charge < -0.3 is 10.6 Å². The minimum Gasteiger partial charge on any atom is -0.352 e. The number of hydrogen-bond donors (Lipinski definition) is 2. The second-order valence-corrected chi connectivity index (χ2v) is 7.92. The van der Waals surface area contributed by atoms with Crippen molar-refractivity contribution in [3.8, 4) is 11.3 Å². The highest BCUT2D eigenvalue weighted by molar-refractivity contribution is 7.14. The van der Waals surface area contributed by atoms with Gasteiger partial charge in [0.15, 0.2) is 10.9 Å². The smallest absolute Gasteiger partial charge is 0.226 e. The van der Waals surface area contributed by atoms with Crippen LogP contribution in [-0.2, 0) is 16.1 Å². The molecule has 2 N–H and O–H groups in total. The van der Waals surface area contributed by atoms with E-state index in [1.54, 1.807) is 24.3 Å². The van der Waals surface area contributed by atoms with E-state index in [2.05, 4.69) is 15.6 Å². The van der Waals surface area contributed by atoms with E-state index in [4.69, 9.17) is 11.6 Å². The predicted octanol–water partition coefficient (Wildman–Crippen LogP) is 4.70. The van der Waals surface area contributed by atoms with Gasteiger partial charge in [-0.3, -0.25) is 14.4 Å². The van der Waals surface area contributed by atoms with Gasteiger partial charge in [0.05, 0.1) is 5.69 Å². The Morgan fingerprint density at radius 3 is 2.37 bits per heavy atom. The highest BCUT2D eigenvalue weighted by Crippen LogP contribution is 2.25. The molecule has 30 heavy (non-hydrogen) atoms. The lowest BCUT2D eigenvalue weighted by Gasteiger charge is -2.04. The predicted molar refractivity (Wildman–Crippen MR) is 119 cm³/mol. The number of benzene rings is 2. The number of amides is 2. The summed E-state index contributed by atoms with van der Waals surface area (Å²) in [5.74, 6) is -0.446. The Balaban J connectivity index is 1.52. The fourth-order valence-corrected chi connectivity index (χ4v) is 3.53. The van der Waals surface area contributed by atoms with Crippen LogP contribution in [0.3, 0.4) is 0 Å². The molecule has 8 heteroatoms. The number of hydrogen-bond acceptors (Lipinski definition) is 5. The van der Waals surface area contributed by atoms with E-state index in [0.717, 1.165) is 16.8 Å². The van der Waals surface area contributed by atoms with Crippen molar-refractivity contribution in [1.82, 2.24) is 10.3 Å². The molecular weight excluding hydrogens is 422 g/mol. The Morgan fingerprint density at radius 1 is 1.00 bits per heavy atom. The van der Waals surface area contributed by atoms with Gasteiger partial charge in [-0.1, -0.05) is 35.9 Å². The van der Waals surface area contributed by atoms with Crippen LogP contribution in [0.2, 0.25) is 5.02 Å². The van der Waals surface area contributed by atoms with Crippen molar-refractivity contribution in [3.05, 3.63) is 70.1 Å². The average molecular weight is 442 g/mol. The van der Waals surface area contributed by atoms with Crippen molar-refractivity contribution in [2.75, 3.05) is 5.32 Å². The van der Waals surface area contributed by atoms with Crippen LogP contribution in [-0.4, -0.2) is 22.6 Å². The summed E-state index contributed by atoms with van der Waals surface area (Å²) in [6.07, 6.45) is 0.190. The largest absolute Gasteiger partial charge is 0.352 e. The van der Waals surface area contributed by atoms with E-state index in [-0.39, 0.29) is 30.4 Å². The lowest BCUT2D eigenvalue weighted by molar-refractivity contribution is -0.119. The van der Waals surface area contributed by atoms with Gasteiger partial charge in [-0.2, -0.15) is 0 Å². The Hall–Kier alpha value is -3.03. The number of aromatic nitrogens is 1. The van der Waals surface area contributed by atoms with Gasteiger partial charge in [0.1, 0.15) is 0 Å². The number of nitrogens with one attached hydrogen (secondary N) is 2. The first-order valence-electron chi connectivity index (χ1n) is 9.28. The fraction of sp³-hybridized carbons (Fsp3) is 0.182. The number of thiazole rings is 1. The number of halogens is 1. The first kappa shape index (κ1) is 21.7. The van der Waals surface area contributed by atoms with Gasteiger partial charge in [0.2, 0.25) is 11.8 Å². The molecule has 0 spiro atoms. The van der Waals surface area contributed by atoms with E-state index in [9.17, 15) is 14.4 Å². The standard InChI is InChI=1S/C22H20ClN3O3S/c1-14(27)24-12-15-2-4-16(5-3-15)19-13-30-22(25-19)26-21(29)11-10-20(28)17-6-8-18(23)9-7-17/h2-9,13H,10-12H2,1H3,(H,24,27)(H,25,26,29). The van der Waals surface area contributed by atoms with Gasteiger partial charge in [-0.15, -0.1) is 11.3 Å². The number of anilines is 1. The summed E-state index contributed by atoms with van der Waals surface area (Å²) in [6, 6.07) is 14.3. The van der Waals surface area contributed by atoms with Crippen LogP contribution in [0.5, 0.6) is 0 Å². The highest BCUT2D eigenvalue weighted by atomic mass is 35.5. The number of nitrogens with zero attached hydrogens (tertiary/aromatic N) is 1. The van der Waals surface area contributed by atoms with Gasteiger partial charge in [-0.25, -0.2) is 4.98 Å². The second-order valence-electron chi connectivity index (χ2n) is 6.62. The molecule has 0 bridgehead atoms. The molecule has 0 radical (unpaired) electrons. The summed E-state index contributed by atoms with van der Waals surface area (Å²) >= 11 is 7.14. The summed E-state index contributed by atoms with van der Waals surface area (Å²) in [6.45, 7) is 1.95. The molecule has 0 aliphatic heterocycles. The van der Waals surface area contributed by atoms with Crippen LogP contribution in [0.25, 0.3) is 11.3 Å². The van der Waals surface area contributed by atoms with Gasteiger partial charge in [-0.05, 0) is 29.8 Å². The molecule has 154 valence electrons. The average Bonchev–Trinajstić information content (AvgIpc) is 3.19. The van der Waals surface area contributed by atoms with Gasteiger partial charge >= 0.3 is 0 Å². The minimum absolute atomic E-state index is 0.0752. The Bertz CT molecular complexity index is 1050. The van der Waals surface area contributed by atoms with Crippen LogP contribution in [0, 0.1) is 0 Å². The van der Waals surface area contributed by atoms with E-state index in [1.165, 1.54) is 18.3 Å². The van der Waals surface area contributed by atoms with E-state index in [0.29, 0.717) is 22.3 Å². The molecule has 3 rings (SSSR count). The summed E-state index contributed by atoms with van der Waals surface area (Å²) < 4.78 is 0. The van der Waals surface area contributed by atoms with Crippen LogP contribution in [0.15, 0.2) is 53.9 Å². The third kappa shape index (κ3) is 6.23. The fourth-order valence-electron chi connectivity index (χ4n) is 2.67. The van der Waals surface area contributed by atoms with E-state index in [1.807, 2.05) is 29.6 Å². The van der Waals surface area contributed by atoms with Gasteiger partial charge in [0.25, 0.3) is 0 Å². The van der Waals surface area contributed by atoms with Crippen LogP contribution >= 0.6 is 22.9 Å². The van der Waals surface area contributed by atoms with Crippen molar-refractivity contribution in [3.63, 3.8) is 0 Å². The number of carbonyl (C=O) groups is 3. The Labute approximate surface area is 183 Å². The zero-order valence-corrected chi connectivity index (χ0v) is 17.8. The summed E-state index contributed by atoms with van der Waals surface area (Å²) in [5, 5.41) is 8.39. The summed E-state index contributed by atoms with van der Waals surface area (Å²) in [4.78, 5) is 39.7. The lowest BCUT2D eigenvalue weighted by atomic mass is 10.1.